The minimum atomic E-state index is -4.77. The number of amidine groups is 1. The number of rotatable bonds is 29. The van der Waals surface area contributed by atoms with Crippen molar-refractivity contribution < 1.29 is 46.6 Å². The molecule has 1 saturated heterocycles. The minimum absolute atomic E-state index is 0.0676. The lowest BCUT2D eigenvalue weighted by atomic mass is 10.0. The zero-order chi connectivity index (χ0) is 37.7. The maximum atomic E-state index is 14.9. The summed E-state index contributed by atoms with van der Waals surface area (Å²) in [6.07, 6.45) is 16.3. The van der Waals surface area contributed by atoms with Gasteiger partial charge in [-0.15, -0.1) is 0 Å². The van der Waals surface area contributed by atoms with Gasteiger partial charge in [0.2, 0.25) is 6.23 Å². The van der Waals surface area contributed by atoms with E-state index in [1.807, 2.05) is 30.3 Å². The van der Waals surface area contributed by atoms with E-state index in [9.17, 15) is 23.3 Å². The zero-order valence-corrected chi connectivity index (χ0v) is 31.8. The topological polar surface area (TPSA) is 145 Å². The molecule has 0 bridgehead atoms. The first-order valence-electron chi connectivity index (χ1n) is 19.1. The molecule has 52 heavy (non-hydrogen) atoms. The lowest BCUT2D eigenvalue weighted by Gasteiger charge is -2.31. The van der Waals surface area contributed by atoms with Crippen LogP contribution in [-0.2, 0) is 34.4 Å². The van der Waals surface area contributed by atoms with E-state index < -0.39 is 44.9 Å². The van der Waals surface area contributed by atoms with Crippen molar-refractivity contribution in [3.05, 3.63) is 60.6 Å². The number of halogens is 2. The van der Waals surface area contributed by atoms with E-state index in [1.54, 1.807) is 0 Å². The van der Waals surface area contributed by atoms with E-state index >= 15 is 0 Å². The van der Waals surface area contributed by atoms with Gasteiger partial charge in [-0.2, -0.15) is 8.78 Å². The number of phosphoric acid groups is 1. The van der Waals surface area contributed by atoms with Crippen molar-refractivity contribution in [3.8, 4) is 0 Å². The molecule has 2 aliphatic rings. The van der Waals surface area contributed by atoms with Crippen LogP contribution in [0.25, 0.3) is 0 Å². The Morgan fingerprint density at radius 3 is 2.10 bits per heavy atom. The van der Waals surface area contributed by atoms with Crippen LogP contribution in [0.4, 0.5) is 8.78 Å². The van der Waals surface area contributed by atoms with Crippen LogP contribution in [0.3, 0.4) is 0 Å². The van der Waals surface area contributed by atoms with Gasteiger partial charge < -0.3 is 34.8 Å². The van der Waals surface area contributed by atoms with Crippen molar-refractivity contribution in [2.75, 3.05) is 26.4 Å². The molecule has 0 aromatic heterocycles. The fourth-order valence-corrected chi connectivity index (χ4v) is 6.85. The first-order chi connectivity index (χ1) is 25.0. The molecule has 1 aromatic carbocycles. The molecule has 2 unspecified atom stereocenters. The summed E-state index contributed by atoms with van der Waals surface area (Å²) >= 11 is 0. The Balaban J connectivity index is 1.32. The Labute approximate surface area is 309 Å². The number of nitrogens with zero attached hydrogens (tertiary/aromatic N) is 2. The molecule has 296 valence electrons. The van der Waals surface area contributed by atoms with E-state index in [1.165, 1.54) is 95.7 Å². The van der Waals surface area contributed by atoms with E-state index in [0.29, 0.717) is 6.61 Å². The highest BCUT2D eigenvalue weighted by Crippen LogP contribution is 2.46. The van der Waals surface area contributed by atoms with Crippen LogP contribution < -0.4 is 5.73 Å². The summed E-state index contributed by atoms with van der Waals surface area (Å²) in [5.41, 5.74) is 6.48. The minimum Gasteiger partial charge on any atom is -0.384 e. The van der Waals surface area contributed by atoms with Gasteiger partial charge in [-0.3, -0.25) is 9.05 Å². The molecule has 1 aromatic rings. The smallest absolute Gasteiger partial charge is 0.384 e. The summed E-state index contributed by atoms with van der Waals surface area (Å²) < 4.78 is 69.9. The first-order valence-corrected chi connectivity index (χ1v) is 20.6. The summed E-state index contributed by atoms with van der Waals surface area (Å²) in [6.45, 7) is 5.49. The van der Waals surface area contributed by atoms with Gasteiger partial charge in [-0.05, 0) is 18.1 Å². The molecule has 1 fully saturated rings. The predicted molar refractivity (Wildman–Crippen MR) is 198 cm³/mol. The number of nitrogens with two attached hydrogens (primary N) is 1. The number of aliphatic hydroxyl groups is 1. The number of alkyl halides is 2. The Morgan fingerprint density at radius 2 is 1.52 bits per heavy atom. The molecule has 2 aliphatic heterocycles. The van der Waals surface area contributed by atoms with Crippen molar-refractivity contribution in [1.82, 2.24) is 4.90 Å². The highest BCUT2D eigenvalue weighted by Gasteiger charge is 2.61. The van der Waals surface area contributed by atoms with E-state index in [2.05, 4.69) is 18.5 Å². The third-order valence-electron chi connectivity index (χ3n) is 9.19. The van der Waals surface area contributed by atoms with Crippen molar-refractivity contribution >= 4 is 13.7 Å². The number of phosphoric ester groups is 1. The number of hydrogen-bond acceptors (Lipinski definition) is 10. The van der Waals surface area contributed by atoms with Gasteiger partial charge in [0.05, 0.1) is 26.4 Å². The number of aliphatic imine (C=N–C) groups is 1. The second kappa shape index (κ2) is 24.2. The van der Waals surface area contributed by atoms with Crippen molar-refractivity contribution in [2.24, 2.45) is 10.7 Å². The van der Waals surface area contributed by atoms with Gasteiger partial charge in [0.15, 0.2) is 6.10 Å². The van der Waals surface area contributed by atoms with Crippen LogP contribution in [0, 0.1) is 0 Å². The van der Waals surface area contributed by atoms with Crippen LogP contribution in [0.2, 0.25) is 0 Å². The van der Waals surface area contributed by atoms with Crippen molar-refractivity contribution in [1.29, 1.82) is 0 Å². The molecule has 3 rings (SSSR count). The van der Waals surface area contributed by atoms with Crippen LogP contribution in [0.5, 0.6) is 0 Å². The Morgan fingerprint density at radius 1 is 0.942 bits per heavy atom. The fourth-order valence-electron chi connectivity index (χ4n) is 6.09. The monoisotopic (exact) mass is 757 g/mol. The third-order valence-corrected chi connectivity index (χ3v) is 10.1. The number of ether oxygens (including phenoxy) is 3. The van der Waals surface area contributed by atoms with Crippen LogP contribution >= 0.6 is 7.82 Å². The Bertz CT molecular complexity index is 1260. The lowest BCUT2D eigenvalue weighted by molar-refractivity contribution is -0.148. The van der Waals surface area contributed by atoms with Gasteiger partial charge in [0, 0.05) is 12.8 Å². The van der Waals surface area contributed by atoms with Gasteiger partial charge in [-0.25, -0.2) is 9.56 Å². The maximum absolute atomic E-state index is 14.9. The number of benzene rings is 1. The quantitative estimate of drug-likeness (QED) is 0.0539. The van der Waals surface area contributed by atoms with Gasteiger partial charge >= 0.3 is 13.7 Å². The summed E-state index contributed by atoms with van der Waals surface area (Å²) in [5, 5.41) is 10.3. The summed E-state index contributed by atoms with van der Waals surface area (Å²) in [7, 11) is -4.77. The molecular formula is C38H62F2N3O8P. The van der Waals surface area contributed by atoms with Crippen LogP contribution in [0.15, 0.2) is 60.0 Å². The highest BCUT2D eigenvalue weighted by molar-refractivity contribution is 7.47. The molecule has 0 aliphatic carbocycles. The third kappa shape index (κ3) is 16.4. The van der Waals surface area contributed by atoms with Crippen molar-refractivity contribution in [2.45, 2.75) is 147 Å². The van der Waals surface area contributed by atoms with Crippen molar-refractivity contribution in [3.63, 3.8) is 0 Å². The molecule has 5 atom stereocenters. The van der Waals surface area contributed by atoms with E-state index in [0.717, 1.165) is 29.7 Å². The molecule has 4 N–H and O–H groups in total. The second-order valence-electron chi connectivity index (χ2n) is 13.7. The molecule has 0 amide bonds. The van der Waals surface area contributed by atoms with E-state index in [-0.39, 0.29) is 31.5 Å². The average Bonchev–Trinajstić information content (AvgIpc) is 3.35. The Kier molecular flexibility index (Phi) is 20.6. The summed E-state index contributed by atoms with van der Waals surface area (Å²) in [5.74, 6) is -3.84. The average molecular weight is 758 g/mol. The standard InChI is InChI=1S/C38H62F2N3O8P/c1-3-4-5-6-7-8-9-10-11-12-13-14-15-16-17-21-26-47-28-33(48-27-32-22-19-18-20-23-32)29-49-52(45,46)50-30-34-36(44)38(39,40)37(51-34)43-25-24-35(41)42-31(43)2/h18-20,22-25,33-34,36-37,44H,2-17,21,26-30H2,1H3,(H2,41,42)(H,45,46)/t33?,34-,36+,37-/m1/s1. The molecule has 2 heterocycles. The summed E-state index contributed by atoms with van der Waals surface area (Å²) in [6, 6.07) is 9.42. The lowest BCUT2D eigenvalue weighted by Crippen LogP contribution is -2.47. The normalized spacial score (nSPS) is 21.7. The summed E-state index contributed by atoms with van der Waals surface area (Å²) in [4.78, 5) is 15.1. The molecule has 0 saturated carbocycles. The van der Waals surface area contributed by atoms with Gasteiger partial charge in [-0.1, -0.05) is 140 Å². The second-order valence-corrected chi connectivity index (χ2v) is 15.1. The first kappa shape index (κ1) is 44.2. The van der Waals surface area contributed by atoms with E-state index in [4.69, 9.17) is 29.0 Å². The highest BCUT2D eigenvalue weighted by atomic mass is 31.2. The molecule has 11 nitrogen and oxygen atoms in total. The number of hydrogen-bond donors (Lipinski definition) is 3. The Hall–Kier alpha value is -2.22. The van der Waals surface area contributed by atoms with Crippen LogP contribution in [0.1, 0.15) is 115 Å². The van der Waals surface area contributed by atoms with Gasteiger partial charge in [0.25, 0.3) is 0 Å². The fraction of sp³-hybridized carbons (Fsp3) is 0.711. The largest absolute Gasteiger partial charge is 0.472 e. The SMILES string of the molecule is C=C1N=C(N)C=CN1[C@@H]1O[C@H](COP(=O)(O)OCC(COCCCCCCCCCCCCCCCCCC)OCc2ccccc2)[C@H](O)C1(F)F. The number of aliphatic hydroxyl groups excluding tert-OH is 1. The number of unbranched alkanes of at least 4 members (excludes halogenated alkanes) is 15. The van der Waals surface area contributed by atoms with Crippen LogP contribution in [-0.4, -0.2) is 77.6 Å². The molecule has 0 spiro atoms. The molecule has 14 heteroatoms. The molecule has 0 radical (unpaired) electrons. The maximum Gasteiger partial charge on any atom is 0.472 e. The molecular weight excluding hydrogens is 695 g/mol. The van der Waals surface area contributed by atoms with Gasteiger partial charge in [0.1, 0.15) is 23.9 Å². The predicted octanol–water partition coefficient (Wildman–Crippen LogP) is 8.36. The zero-order valence-electron chi connectivity index (χ0n) is 30.9.